The molecule has 0 N–H and O–H groups in total. The largest absolute Gasteiger partial charge is 0.383 e. The van der Waals surface area contributed by atoms with Crippen LogP contribution in [0.1, 0.15) is 0 Å². The number of hydrogen-bond donors (Lipinski definition) is 0. The summed E-state index contributed by atoms with van der Waals surface area (Å²) in [6, 6.07) is 0. The highest BCUT2D eigenvalue weighted by Gasteiger charge is 2.09. The summed E-state index contributed by atoms with van der Waals surface area (Å²) in [5.74, 6) is 0. The van der Waals surface area contributed by atoms with Gasteiger partial charge in [0.2, 0.25) is 0 Å². The maximum Gasteiger partial charge on any atom is 0.0992 e. The Balaban J connectivity index is 1.98. The summed E-state index contributed by atoms with van der Waals surface area (Å²) < 4.78 is 10.0. The first-order chi connectivity index (χ1) is 4.43. The minimum absolute atomic E-state index is 0.781. The maximum atomic E-state index is 5.12. The van der Waals surface area contributed by atoms with Crippen molar-refractivity contribution in [3.8, 4) is 0 Å². The molecule has 3 nitrogen and oxygen atoms in total. The first-order valence-corrected chi connectivity index (χ1v) is 3.22. The van der Waals surface area contributed by atoms with E-state index in [-0.39, 0.29) is 0 Å². The Morgan fingerprint density at radius 2 is 2.56 bits per heavy atom. The molecule has 0 aromatic rings. The molecule has 0 bridgehead atoms. The molecule has 0 aromatic heterocycles. The highest BCUT2D eigenvalue weighted by atomic mass is 16.5. The molecule has 0 atom stereocenters. The average molecular weight is 131 g/mol. The molecule has 0 saturated carbocycles. The quantitative estimate of drug-likeness (QED) is 0.535. The fraction of sp³-hybridized carbons (Fsp3) is 1.00. The monoisotopic (exact) mass is 131 g/mol. The summed E-state index contributed by atoms with van der Waals surface area (Å²) in [5, 5.41) is 0. The molecule has 1 heterocycles. The van der Waals surface area contributed by atoms with Crippen LogP contribution in [0.2, 0.25) is 0 Å². The fourth-order valence-corrected chi connectivity index (χ4v) is 0.849. The van der Waals surface area contributed by atoms with Crippen molar-refractivity contribution in [3.05, 3.63) is 0 Å². The third-order valence-electron chi connectivity index (χ3n) is 1.44. The van der Waals surface area contributed by atoms with Crippen LogP contribution in [-0.4, -0.2) is 45.0 Å². The third-order valence-corrected chi connectivity index (χ3v) is 1.44. The van der Waals surface area contributed by atoms with Gasteiger partial charge in [-0.2, -0.15) is 0 Å². The van der Waals surface area contributed by atoms with Crippen LogP contribution in [0.25, 0.3) is 0 Å². The summed E-state index contributed by atoms with van der Waals surface area (Å²) in [4.78, 5) is 2.23. The summed E-state index contributed by atoms with van der Waals surface area (Å²) in [7, 11) is 1.72. The van der Waals surface area contributed by atoms with Crippen LogP contribution in [0.15, 0.2) is 0 Å². The lowest BCUT2D eigenvalue weighted by Crippen LogP contribution is -2.24. The van der Waals surface area contributed by atoms with Crippen molar-refractivity contribution < 1.29 is 9.47 Å². The molecule has 0 amide bonds. The highest BCUT2D eigenvalue weighted by molar-refractivity contribution is 4.56. The molecule has 1 aliphatic heterocycles. The Bertz CT molecular complexity index is 71.5. The zero-order valence-corrected chi connectivity index (χ0v) is 5.80. The minimum atomic E-state index is 0.781. The van der Waals surface area contributed by atoms with E-state index in [2.05, 4.69) is 4.90 Å². The van der Waals surface area contributed by atoms with E-state index in [4.69, 9.17) is 9.47 Å². The summed E-state index contributed by atoms with van der Waals surface area (Å²) in [5.41, 5.74) is 0. The van der Waals surface area contributed by atoms with E-state index >= 15 is 0 Å². The minimum Gasteiger partial charge on any atom is -0.383 e. The van der Waals surface area contributed by atoms with Gasteiger partial charge in [-0.15, -0.1) is 0 Å². The molecule has 3 heteroatoms. The Labute approximate surface area is 55.5 Å². The molecule has 9 heavy (non-hydrogen) atoms. The lowest BCUT2D eigenvalue weighted by Gasteiger charge is -2.10. The maximum absolute atomic E-state index is 5.12. The van der Waals surface area contributed by atoms with E-state index in [9.17, 15) is 0 Å². The molecule has 1 saturated heterocycles. The molecular weight excluding hydrogens is 118 g/mol. The van der Waals surface area contributed by atoms with Crippen LogP contribution >= 0.6 is 0 Å². The topological polar surface area (TPSA) is 21.7 Å². The molecule has 1 aliphatic rings. The van der Waals surface area contributed by atoms with Gasteiger partial charge in [-0.25, -0.2) is 0 Å². The van der Waals surface area contributed by atoms with Gasteiger partial charge in [0, 0.05) is 20.2 Å². The van der Waals surface area contributed by atoms with Crippen LogP contribution in [-0.2, 0) is 9.47 Å². The van der Waals surface area contributed by atoms with Crippen molar-refractivity contribution >= 4 is 0 Å². The number of methoxy groups -OCH3 is 1. The van der Waals surface area contributed by atoms with Crippen molar-refractivity contribution in [2.24, 2.45) is 0 Å². The lowest BCUT2D eigenvalue weighted by atomic mass is 10.5. The zero-order valence-electron chi connectivity index (χ0n) is 5.80. The van der Waals surface area contributed by atoms with Crippen LogP contribution in [0.4, 0.5) is 0 Å². The molecule has 0 unspecified atom stereocenters. The van der Waals surface area contributed by atoms with Gasteiger partial charge < -0.3 is 9.47 Å². The van der Waals surface area contributed by atoms with Gasteiger partial charge in [0.15, 0.2) is 0 Å². The van der Waals surface area contributed by atoms with Crippen LogP contribution in [0.3, 0.4) is 0 Å². The van der Waals surface area contributed by atoms with Gasteiger partial charge in [-0.1, -0.05) is 0 Å². The van der Waals surface area contributed by atoms with Crippen LogP contribution < -0.4 is 0 Å². The SMILES string of the molecule is COCCN1CCOC1. The second-order valence-electron chi connectivity index (χ2n) is 2.15. The predicted octanol–water partition coefficient (Wildman–Crippen LogP) is -0.0775. The number of hydrogen-bond acceptors (Lipinski definition) is 3. The van der Waals surface area contributed by atoms with Gasteiger partial charge in [0.1, 0.15) is 0 Å². The molecular formula is C6H13NO2. The first-order valence-electron chi connectivity index (χ1n) is 3.22. The van der Waals surface area contributed by atoms with E-state index in [1.807, 2.05) is 0 Å². The van der Waals surface area contributed by atoms with Gasteiger partial charge in [-0.3, -0.25) is 4.90 Å². The molecule has 1 rings (SSSR count). The van der Waals surface area contributed by atoms with Crippen molar-refractivity contribution in [3.63, 3.8) is 0 Å². The molecule has 0 spiro atoms. The van der Waals surface area contributed by atoms with Crippen LogP contribution in [0, 0.1) is 0 Å². The standard InChI is InChI=1S/C6H13NO2/c1-8-4-2-7-3-5-9-6-7/h2-6H2,1H3. The van der Waals surface area contributed by atoms with Gasteiger partial charge in [0.25, 0.3) is 0 Å². The Hall–Kier alpha value is -0.120. The van der Waals surface area contributed by atoms with Crippen molar-refractivity contribution in [2.75, 3.05) is 40.1 Å². The molecule has 0 radical (unpaired) electrons. The normalized spacial score (nSPS) is 21.0. The number of rotatable bonds is 3. The van der Waals surface area contributed by atoms with Crippen molar-refractivity contribution in [2.45, 2.75) is 0 Å². The fourth-order valence-electron chi connectivity index (χ4n) is 0.849. The van der Waals surface area contributed by atoms with Gasteiger partial charge in [0.05, 0.1) is 19.9 Å². The number of ether oxygens (including phenoxy) is 2. The predicted molar refractivity (Wildman–Crippen MR) is 34.3 cm³/mol. The van der Waals surface area contributed by atoms with Gasteiger partial charge >= 0.3 is 0 Å². The second-order valence-corrected chi connectivity index (χ2v) is 2.15. The molecule has 0 aromatic carbocycles. The molecule has 0 aliphatic carbocycles. The highest BCUT2D eigenvalue weighted by Crippen LogP contribution is 1.96. The van der Waals surface area contributed by atoms with E-state index in [0.29, 0.717) is 0 Å². The lowest BCUT2D eigenvalue weighted by molar-refractivity contribution is 0.111. The Morgan fingerprint density at radius 3 is 3.11 bits per heavy atom. The van der Waals surface area contributed by atoms with Crippen molar-refractivity contribution in [1.82, 2.24) is 4.90 Å². The third kappa shape index (κ3) is 2.30. The Kier molecular flexibility index (Phi) is 2.97. The Morgan fingerprint density at radius 1 is 1.67 bits per heavy atom. The van der Waals surface area contributed by atoms with E-state index in [0.717, 1.165) is 33.0 Å². The van der Waals surface area contributed by atoms with E-state index in [1.165, 1.54) is 0 Å². The number of nitrogens with zero attached hydrogens (tertiary/aromatic N) is 1. The average Bonchev–Trinajstić information content (AvgIpc) is 2.34. The van der Waals surface area contributed by atoms with Crippen molar-refractivity contribution in [1.29, 1.82) is 0 Å². The summed E-state index contributed by atoms with van der Waals surface area (Å²) >= 11 is 0. The van der Waals surface area contributed by atoms with E-state index in [1.54, 1.807) is 7.11 Å². The smallest absolute Gasteiger partial charge is 0.0992 e. The molecule has 1 fully saturated rings. The van der Waals surface area contributed by atoms with E-state index < -0.39 is 0 Å². The second kappa shape index (κ2) is 3.82. The van der Waals surface area contributed by atoms with Gasteiger partial charge in [-0.05, 0) is 0 Å². The summed E-state index contributed by atoms with van der Waals surface area (Å²) in [6.07, 6.45) is 0. The van der Waals surface area contributed by atoms with Crippen LogP contribution in [0.5, 0.6) is 0 Å². The zero-order chi connectivity index (χ0) is 6.53. The summed E-state index contributed by atoms with van der Waals surface area (Å²) in [6.45, 7) is 4.52. The first kappa shape index (κ1) is 6.99. The molecule has 54 valence electrons.